The second-order valence-electron chi connectivity index (χ2n) is 2.90. The van der Waals surface area contributed by atoms with E-state index in [1.54, 1.807) is 6.20 Å². The van der Waals surface area contributed by atoms with Crippen molar-refractivity contribution < 1.29 is 0 Å². The summed E-state index contributed by atoms with van der Waals surface area (Å²) >= 11 is 0. The molecule has 2 aromatic heterocycles. The lowest BCUT2D eigenvalue weighted by atomic mass is 10.2. The summed E-state index contributed by atoms with van der Waals surface area (Å²) in [5.41, 5.74) is 1.98. The van der Waals surface area contributed by atoms with Crippen LogP contribution in [0.1, 0.15) is 13.8 Å². The zero-order chi connectivity index (χ0) is 11.8. The topological polar surface area (TPSA) is 37.8 Å². The van der Waals surface area contributed by atoms with E-state index in [1.165, 1.54) is 0 Å². The maximum Gasteiger partial charge on any atom is 0.125 e. The van der Waals surface area contributed by atoms with Crippen molar-refractivity contribution in [3.8, 4) is 11.3 Å². The molecule has 2 rings (SSSR count). The van der Waals surface area contributed by atoms with Crippen LogP contribution in [0.3, 0.4) is 0 Å². The first kappa shape index (κ1) is 12.2. The highest BCUT2D eigenvalue weighted by atomic mass is 14.9. The van der Waals surface area contributed by atoms with Gasteiger partial charge in [-0.2, -0.15) is 0 Å². The van der Waals surface area contributed by atoms with Crippen molar-refractivity contribution in [1.82, 2.24) is 9.97 Å². The molecule has 84 valence electrons. The number of hydrogen-bond acceptors (Lipinski definition) is 3. The highest BCUT2D eigenvalue weighted by Gasteiger charge is 1.97. The summed E-state index contributed by atoms with van der Waals surface area (Å²) in [7, 11) is 1.85. The Bertz CT molecular complexity index is 395. The molecule has 16 heavy (non-hydrogen) atoms. The lowest BCUT2D eigenvalue weighted by Crippen LogP contribution is -1.91. The Morgan fingerprint density at radius 3 is 2.31 bits per heavy atom. The minimum Gasteiger partial charge on any atom is -0.373 e. The molecule has 0 aliphatic rings. The second-order valence-corrected chi connectivity index (χ2v) is 2.90. The Morgan fingerprint density at radius 1 is 1.00 bits per heavy atom. The van der Waals surface area contributed by atoms with Gasteiger partial charge >= 0.3 is 0 Å². The lowest BCUT2D eigenvalue weighted by molar-refractivity contribution is 1.26. The molecule has 1 N–H and O–H groups in total. The smallest absolute Gasteiger partial charge is 0.125 e. The summed E-state index contributed by atoms with van der Waals surface area (Å²) in [6.07, 6.45) is 3.59. The van der Waals surface area contributed by atoms with Crippen LogP contribution < -0.4 is 5.32 Å². The maximum absolute atomic E-state index is 4.24. The summed E-state index contributed by atoms with van der Waals surface area (Å²) in [6.45, 7) is 4.00. The summed E-state index contributed by atoms with van der Waals surface area (Å²) in [5, 5.41) is 2.97. The van der Waals surface area contributed by atoms with Gasteiger partial charge in [-0.1, -0.05) is 19.9 Å². The fourth-order valence-electron chi connectivity index (χ4n) is 1.23. The standard InChI is InChI=1S/C11H11N3.C2H6/c1-12-11-6-5-9(8-14-11)10-4-2-3-7-13-10;1-2/h2-8H,1H3,(H,12,14);1-2H3. The Hall–Kier alpha value is -1.90. The average molecular weight is 215 g/mol. The molecule has 0 unspecified atom stereocenters. The van der Waals surface area contributed by atoms with Crippen molar-refractivity contribution in [3.63, 3.8) is 0 Å². The predicted molar refractivity (Wildman–Crippen MR) is 68.4 cm³/mol. The van der Waals surface area contributed by atoms with Gasteiger partial charge in [0, 0.05) is 25.0 Å². The maximum atomic E-state index is 4.24. The average Bonchev–Trinajstić information content (AvgIpc) is 2.42. The van der Waals surface area contributed by atoms with Crippen LogP contribution >= 0.6 is 0 Å². The Balaban J connectivity index is 0.000000606. The Morgan fingerprint density at radius 2 is 1.81 bits per heavy atom. The molecule has 0 radical (unpaired) electrons. The monoisotopic (exact) mass is 215 g/mol. The van der Waals surface area contributed by atoms with Gasteiger partial charge < -0.3 is 5.32 Å². The Kier molecular flexibility index (Phi) is 4.99. The van der Waals surface area contributed by atoms with E-state index in [0.717, 1.165) is 17.1 Å². The van der Waals surface area contributed by atoms with Gasteiger partial charge in [-0.25, -0.2) is 4.98 Å². The summed E-state index contributed by atoms with van der Waals surface area (Å²) in [6, 6.07) is 9.77. The Labute approximate surface area is 96.6 Å². The third-order valence-corrected chi connectivity index (χ3v) is 1.98. The van der Waals surface area contributed by atoms with E-state index in [0.29, 0.717) is 0 Å². The van der Waals surface area contributed by atoms with Gasteiger partial charge in [-0.3, -0.25) is 4.98 Å². The molecular weight excluding hydrogens is 198 g/mol. The third kappa shape index (κ3) is 3.05. The van der Waals surface area contributed by atoms with E-state index in [9.17, 15) is 0 Å². The summed E-state index contributed by atoms with van der Waals surface area (Å²) in [5.74, 6) is 0.865. The fraction of sp³-hybridized carbons (Fsp3) is 0.231. The van der Waals surface area contributed by atoms with Gasteiger partial charge in [0.25, 0.3) is 0 Å². The van der Waals surface area contributed by atoms with Gasteiger partial charge in [0.1, 0.15) is 5.82 Å². The summed E-state index contributed by atoms with van der Waals surface area (Å²) in [4.78, 5) is 8.47. The zero-order valence-electron chi connectivity index (χ0n) is 9.94. The molecule has 0 fully saturated rings. The molecule has 0 spiro atoms. The number of hydrogen-bond donors (Lipinski definition) is 1. The van der Waals surface area contributed by atoms with Crippen molar-refractivity contribution >= 4 is 5.82 Å². The molecule has 3 heteroatoms. The van der Waals surface area contributed by atoms with Gasteiger partial charge in [0.2, 0.25) is 0 Å². The van der Waals surface area contributed by atoms with Crippen molar-refractivity contribution in [2.75, 3.05) is 12.4 Å². The SMILES string of the molecule is CC.CNc1ccc(-c2ccccn2)cn1. The first-order valence-electron chi connectivity index (χ1n) is 5.45. The van der Waals surface area contributed by atoms with Crippen molar-refractivity contribution in [1.29, 1.82) is 0 Å². The van der Waals surface area contributed by atoms with Crippen molar-refractivity contribution in [3.05, 3.63) is 42.7 Å². The second kappa shape index (κ2) is 6.56. The molecule has 3 nitrogen and oxygen atoms in total. The van der Waals surface area contributed by atoms with Crippen LogP contribution in [0.15, 0.2) is 42.7 Å². The van der Waals surface area contributed by atoms with Gasteiger partial charge in [0.05, 0.1) is 5.69 Å². The highest BCUT2D eigenvalue weighted by Crippen LogP contribution is 2.15. The van der Waals surface area contributed by atoms with Crippen LogP contribution in [0.2, 0.25) is 0 Å². The summed E-state index contributed by atoms with van der Waals surface area (Å²) < 4.78 is 0. The van der Waals surface area contributed by atoms with E-state index in [2.05, 4.69) is 15.3 Å². The number of aromatic nitrogens is 2. The minimum atomic E-state index is 0.865. The minimum absolute atomic E-state index is 0.865. The highest BCUT2D eigenvalue weighted by molar-refractivity contribution is 5.59. The molecular formula is C13H17N3. The predicted octanol–water partition coefficient (Wildman–Crippen LogP) is 3.21. The van der Waals surface area contributed by atoms with Crippen molar-refractivity contribution in [2.24, 2.45) is 0 Å². The van der Waals surface area contributed by atoms with Crippen LogP contribution in [0, 0.1) is 0 Å². The van der Waals surface area contributed by atoms with E-state index in [-0.39, 0.29) is 0 Å². The van der Waals surface area contributed by atoms with Crippen LogP contribution in [0.5, 0.6) is 0 Å². The first-order valence-corrected chi connectivity index (χ1v) is 5.45. The van der Waals surface area contributed by atoms with Crippen LogP contribution in [0.4, 0.5) is 5.82 Å². The molecule has 0 atom stereocenters. The van der Waals surface area contributed by atoms with Gasteiger partial charge in [0.15, 0.2) is 0 Å². The van der Waals surface area contributed by atoms with E-state index < -0.39 is 0 Å². The van der Waals surface area contributed by atoms with Crippen molar-refractivity contribution in [2.45, 2.75) is 13.8 Å². The largest absolute Gasteiger partial charge is 0.373 e. The van der Waals surface area contributed by atoms with E-state index in [1.807, 2.05) is 57.4 Å². The van der Waals surface area contributed by atoms with E-state index >= 15 is 0 Å². The molecule has 0 aromatic carbocycles. The number of anilines is 1. The van der Waals surface area contributed by atoms with Crippen LogP contribution in [0.25, 0.3) is 11.3 Å². The zero-order valence-corrected chi connectivity index (χ0v) is 9.94. The molecule has 0 saturated carbocycles. The number of rotatable bonds is 2. The van der Waals surface area contributed by atoms with Gasteiger partial charge in [-0.05, 0) is 24.3 Å². The van der Waals surface area contributed by atoms with E-state index in [4.69, 9.17) is 0 Å². The quantitative estimate of drug-likeness (QED) is 0.835. The molecule has 2 heterocycles. The third-order valence-electron chi connectivity index (χ3n) is 1.98. The van der Waals surface area contributed by atoms with Gasteiger partial charge in [-0.15, -0.1) is 0 Å². The van der Waals surface area contributed by atoms with Crippen LogP contribution in [-0.2, 0) is 0 Å². The molecule has 2 aromatic rings. The number of nitrogens with one attached hydrogen (secondary N) is 1. The molecule has 0 aliphatic carbocycles. The molecule has 0 saturated heterocycles. The normalized spacial score (nSPS) is 8.94. The number of nitrogens with zero attached hydrogens (tertiary/aromatic N) is 2. The molecule has 0 amide bonds. The lowest BCUT2D eigenvalue weighted by Gasteiger charge is -2.01. The fourth-order valence-corrected chi connectivity index (χ4v) is 1.23. The first-order chi connectivity index (χ1) is 7.90. The van der Waals surface area contributed by atoms with Crippen LogP contribution in [-0.4, -0.2) is 17.0 Å². The molecule has 0 bridgehead atoms. The number of pyridine rings is 2. The molecule has 0 aliphatic heterocycles.